The summed E-state index contributed by atoms with van der Waals surface area (Å²) < 4.78 is 13.7. The number of rotatable bonds is 4. The van der Waals surface area contributed by atoms with Crippen molar-refractivity contribution in [3.05, 3.63) is 57.5 Å². The second-order valence-corrected chi connectivity index (χ2v) is 6.00. The summed E-state index contributed by atoms with van der Waals surface area (Å²) >= 11 is 0. The molecule has 0 fully saturated rings. The number of carbonyl (C=O) groups excluding carboxylic acids is 2. The smallest absolute Gasteiger partial charge is 0.332 e. The van der Waals surface area contributed by atoms with E-state index in [0.29, 0.717) is 18.5 Å². The van der Waals surface area contributed by atoms with Crippen molar-refractivity contribution in [1.82, 2.24) is 19.8 Å². The number of amides is 2. The second-order valence-electron chi connectivity index (χ2n) is 6.00. The molecule has 3 rings (SSSR count). The largest absolute Gasteiger partial charge is 0.502 e. The number of hydrogen-bond acceptors (Lipinski definition) is 5. The highest BCUT2D eigenvalue weighted by Gasteiger charge is 2.27. The van der Waals surface area contributed by atoms with Crippen molar-refractivity contribution >= 4 is 11.9 Å². The number of nitrogens with one attached hydrogen (secondary N) is 1. The molecule has 9 heteroatoms. The zero-order valence-electron chi connectivity index (χ0n) is 14.0. The summed E-state index contributed by atoms with van der Waals surface area (Å²) in [7, 11) is 1.55. The van der Waals surface area contributed by atoms with Crippen LogP contribution in [0.4, 0.5) is 9.18 Å². The lowest BCUT2D eigenvalue weighted by Gasteiger charge is -2.25. The van der Waals surface area contributed by atoms with Crippen molar-refractivity contribution in [1.29, 1.82) is 0 Å². The van der Waals surface area contributed by atoms with Gasteiger partial charge in [0.1, 0.15) is 11.6 Å². The Morgan fingerprint density at radius 2 is 2.00 bits per heavy atom. The third-order valence-electron chi connectivity index (χ3n) is 4.12. The van der Waals surface area contributed by atoms with Gasteiger partial charge in [0, 0.05) is 26.6 Å². The Hall–Kier alpha value is -3.23. The van der Waals surface area contributed by atoms with E-state index in [0.717, 1.165) is 4.57 Å². The fourth-order valence-corrected chi connectivity index (χ4v) is 2.65. The third-order valence-corrected chi connectivity index (χ3v) is 4.12. The molecule has 1 aromatic heterocycles. The molecule has 2 N–H and O–H groups in total. The van der Waals surface area contributed by atoms with E-state index in [4.69, 9.17) is 0 Å². The van der Waals surface area contributed by atoms with Gasteiger partial charge in [-0.05, 0) is 17.7 Å². The monoisotopic (exact) mass is 360 g/mol. The van der Waals surface area contributed by atoms with Crippen LogP contribution < -0.4 is 10.9 Å². The van der Waals surface area contributed by atoms with Gasteiger partial charge in [-0.2, -0.15) is 0 Å². The van der Waals surface area contributed by atoms with Crippen LogP contribution in [0.25, 0.3) is 0 Å². The van der Waals surface area contributed by atoms with E-state index in [1.807, 2.05) is 0 Å². The maximum atomic E-state index is 12.9. The van der Waals surface area contributed by atoms with Crippen LogP contribution in [0.3, 0.4) is 0 Å². The van der Waals surface area contributed by atoms with Crippen molar-refractivity contribution in [3.8, 4) is 5.75 Å². The zero-order chi connectivity index (χ0) is 18.8. The number of likely N-dealkylation sites (N-methyl/N-ethyl adjacent to an activating group) is 1. The Bertz CT molecular complexity index is 924. The van der Waals surface area contributed by atoms with Crippen molar-refractivity contribution in [2.24, 2.45) is 0 Å². The molecule has 0 saturated heterocycles. The molecule has 0 spiro atoms. The molecule has 8 nitrogen and oxygen atoms in total. The van der Waals surface area contributed by atoms with Gasteiger partial charge in [0.25, 0.3) is 0 Å². The van der Waals surface area contributed by atoms with Gasteiger partial charge < -0.3 is 15.3 Å². The molecular weight excluding hydrogens is 343 g/mol. The first kappa shape index (κ1) is 17.6. The highest BCUT2D eigenvalue weighted by molar-refractivity contribution is 5.80. The zero-order valence-corrected chi connectivity index (χ0v) is 14.0. The molecule has 0 saturated carbocycles. The fraction of sp³-hybridized carbons (Fsp3) is 0.294. The summed E-state index contributed by atoms with van der Waals surface area (Å²) in [6.07, 6.45) is 0.0437. The van der Waals surface area contributed by atoms with E-state index in [-0.39, 0.29) is 30.3 Å². The molecule has 1 aromatic carbocycles. The van der Waals surface area contributed by atoms with Gasteiger partial charge in [0.05, 0.1) is 12.1 Å². The second kappa shape index (κ2) is 6.95. The Labute approximate surface area is 147 Å². The quantitative estimate of drug-likeness (QED) is 0.821. The van der Waals surface area contributed by atoms with Gasteiger partial charge in [-0.25, -0.2) is 18.7 Å². The third kappa shape index (κ3) is 3.41. The van der Waals surface area contributed by atoms with Crippen LogP contribution in [0.15, 0.2) is 29.1 Å². The van der Waals surface area contributed by atoms with E-state index in [1.54, 1.807) is 19.2 Å². The molecule has 26 heavy (non-hydrogen) atoms. The number of aromatic nitrogens is 2. The molecule has 0 unspecified atom stereocenters. The predicted molar refractivity (Wildman–Crippen MR) is 89.2 cm³/mol. The summed E-state index contributed by atoms with van der Waals surface area (Å²) in [5, 5.41) is 12.6. The summed E-state index contributed by atoms with van der Waals surface area (Å²) in [5.74, 6) is -1.32. The summed E-state index contributed by atoms with van der Waals surface area (Å²) in [4.78, 5) is 41.8. The highest BCUT2D eigenvalue weighted by atomic mass is 19.1. The lowest BCUT2D eigenvalue weighted by Crippen LogP contribution is -2.45. The van der Waals surface area contributed by atoms with Crippen LogP contribution in [-0.2, 0) is 24.2 Å². The topological polar surface area (TPSA) is 105 Å². The number of hydrogen-bond donors (Lipinski definition) is 2. The fourth-order valence-electron chi connectivity index (χ4n) is 2.65. The summed E-state index contributed by atoms with van der Waals surface area (Å²) in [6.45, 7) is 0.569. The van der Waals surface area contributed by atoms with Crippen molar-refractivity contribution in [2.45, 2.75) is 19.4 Å². The maximum absolute atomic E-state index is 12.9. The highest BCUT2D eigenvalue weighted by Crippen LogP contribution is 2.14. The molecule has 1 aliphatic rings. The maximum Gasteiger partial charge on any atom is 0.332 e. The standard InChI is InChI=1S/C17H17FN4O4/c1-21-7-6-13-20-12(15(24)16(25)22(13)17(21)26)8-14(23)19-9-10-2-4-11(18)5-3-10/h2-5,24H,6-9H2,1H3,(H,19,23). The minimum Gasteiger partial charge on any atom is -0.502 e. The van der Waals surface area contributed by atoms with Crippen molar-refractivity contribution in [3.63, 3.8) is 0 Å². The van der Waals surface area contributed by atoms with E-state index < -0.39 is 23.2 Å². The van der Waals surface area contributed by atoms with E-state index in [2.05, 4.69) is 10.3 Å². The molecular formula is C17H17FN4O4. The van der Waals surface area contributed by atoms with Crippen molar-refractivity contribution in [2.75, 3.05) is 13.6 Å². The molecule has 2 aromatic rings. The number of benzene rings is 1. The molecule has 0 bridgehead atoms. The van der Waals surface area contributed by atoms with Crippen LogP contribution in [0, 0.1) is 5.82 Å². The average Bonchev–Trinajstić information content (AvgIpc) is 2.62. The van der Waals surface area contributed by atoms with Gasteiger partial charge in [-0.15, -0.1) is 0 Å². The van der Waals surface area contributed by atoms with Crippen molar-refractivity contribution < 1.29 is 19.1 Å². The van der Waals surface area contributed by atoms with Crippen LogP contribution in [0.2, 0.25) is 0 Å². The van der Waals surface area contributed by atoms with Crippen LogP contribution in [0.5, 0.6) is 5.75 Å². The Balaban J connectivity index is 1.74. The van der Waals surface area contributed by atoms with Crippen LogP contribution in [0.1, 0.15) is 17.1 Å². The number of fused-ring (bicyclic) bond motifs is 1. The number of carbonyl (C=O) groups is 2. The summed E-state index contributed by atoms with van der Waals surface area (Å²) in [6, 6.07) is 5.09. The molecule has 2 amide bonds. The SMILES string of the molecule is CN1CCc2nc(CC(=O)NCc3ccc(F)cc3)c(O)c(=O)n2C1=O. The van der Waals surface area contributed by atoms with Gasteiger partial charge in [0.15, 0.2) is 0 Å². The minimum atomic E-state index is -0.882. The number of nitrogens with zero attached hydrogens (tertiary/aromatic N) is 3. The first-order valence-corrected chi connectivity index (χ1v) is 7.97. The van der Waals surface area contributed by atoms with Crippen LogP contribution >= 0.6 is 0 Å². The van der Waals surface area contributed by atoms with Crippen LogP contribution in [-0.4, -0.2) is 45.1 Å². The first-order chi connectivity index (χ1) is 12.4. The molecule has 2 heterocycles. The molecule has 0 aliphatic carbocycles. The molecule has 1 aliphatic heterocycles. The van der Waals surface area contributed by atoms with Gasteiger partial charge in [0.2, 0.25) is 11.7 Å². The molecule has 0 radical (unpaired) electrons. The Morgan fingerprint density at radius 3 is 2.69 bits per heavy atom. The Kier molecular flexibility index (Phi) is 4.70. The Morgan fingerprint density at radius 1 is 1.31 bits per heavy atom. The lowest BCUT2D eigenvalue weighted by molar-refractivity contribution is -0.120. The lowest BCUT2D eigenvalue weighted by atomic mass is 10.2. The normalized spacial score (nSPS) is 13.5. The summed E-state index contributed by atoms with van der Waals surface area (Å²) in [5.41, 5.74) is -0.251. The van der Waals surface area contributed by atoms with Gasteiger partial charge in [-0.1, -0.05) is 12.1 Å². The van der Waals surface area contributed by atoms with Gasteiger partial charge in [-0.3, -0.25) is 9.59 Å². The minimum absolute atomic E-state index is 0.0739. The molecule has 136 valence electrons. The number of aromatic hydroxyl groups is 1. The first-order valence-electron chi connectivity index (χ1n) is 7.97. The molecule has 0 atom stereocenters. The van der Waals surface area contributed by atoms with E-state index in [1.165, 1.54) is 17.0 Å². The predicted octanol–water partition coefficient (Wildman–Crippen LogP) is 0.403. The van der Waals surface area contributed by atoms with Gasteiger partial charge >= 0.3 is 11.6 Å². The average molecular weight is 360 g/mol. The van der Waals surface area contributed by atoms with E-state index in [9.17, 15) is 23.9 Å². The number of halogens is 1. The van der Waals surface area contributed by atoms with E-state index >= 15 is 0 Å².